The van der Waals surface area contributed by atoms with Gasteiger partial charge in [0, 0.05) is 29.0 Å². The lowest BCUT2D eigenvalue weighted by Gasteiger charge is -2.12. The van der Waals surface area contributed by atoms with Crippen molar-refractivity contribution >= 4 is 40.0 Å². The fourth-order valence-electron chi connectivity index (χ4n) is 2.89. The summed E-state index contributed by atoms with van der Waals surface area (Å²) < 4.78 is 0. The van der Waals surface area contributed by atoms with Crippen molar-refractivity contribution in [1.82, 2.24) is 15.0 Å². The van der Waals surface area contributed by atoms with Crippen LogP contribution in [0.15, 0.2) is 60.9 Å². The minimum absolute atomic E-state index is 0.224. The van der Waals surface area contributed by atoms with Crippen LogP contribution in [0.3, 0.4) is 0 Å². The molecule has 5 N–H and O–H groups in total. The van der Waals surface area contributed by atoms with E-state index < -0.39 is 5.91 Å². The Kier molecular flexibility index (Phi) is 4.18. The van der Waals surface area contributed by atoms with E-state index in [9.17, 15) is 4.79 Å². The van der Waals surface area contributed by atoms with Gasteiger partial charge in [0.25, 0.3) is 5.91 Å². The van der Waals surface area contributed by atoms with Gasteiger partial charge in [-0.25, -0.2) is 4.98 Å². The molecule has 0 spiro atoms. The van der Waals surface area contributed by atoms with Crippen LogP contribution in [0, 0.1) is 6.92 Å². The van der Waals surface area contributed by atoms with Crippen LogP contribution in [0.4, 0.5) is 23.1 Å². The Hall–Kier alpha value is -3.87. The Morgan fingerprint density at radius 1 is 1.11 bits per heavy atom. The third-order valence-corrected chi connectivity index (χ3v) is 4.18. The van der Waals surface area contributed by atoms with E-state index in [0.29, 0.717) is 11.8 Å². The van der Waals surface area contributed by atoms with E-state index in [1.54, 1.807) is 0 Å². The number of primary amides is 1. The number of nitrogens with two attached hydrogens (primary N) is 1. The molecule has 0 atom stereocenters. The number of fused-ring (bicyclic) bond motifs is 1. The highest BCUT2D eigenvalue weighted by Gasteiger charge is 2.13. The number of H-pyrrole nitrogens is 1. The number of benzene rings is 2. The fraction of sp³-hybridized carbons (Fsp3) is 0.0500. The van der Waals surface area contributed by atoms with Crippen molar-refractivity contribution in [1.29, 1.82) is 0 Å². The zero-order valence-electron chi connectivity index (χ0n) is 14.7. The third-order valence-electron chi connectivity index (χ3n) is 4.18. The van der Waals surface area contributed by atoms with Crippen LogP contribution < -0.4 is 16.4 Å². The van der Waals surface area contributed by atoms with Crippen LogP contribution in [-0.4, -0.2) is 20.9 Å². The summed E-state index contributed by atoms with van der Waals surface area (Å²) in [6, 6.07) is 15.6. The minimum Gasteiger partial charge on any atom is -0.365 e. The lowest BCUT2D eigenvalue weighted by Crippen LogP contribution is -2.15. The smallest absolute Gasteiger partial charge is 0.254 e. The Morgan fingerprint density at radius 3 is 2.78 bits per heavy atom. The van der Waals surface area contributed by atoms with Crippen molar-refractivity contribution in [3.63, 3.8) is 0 Å². The Labute approximate surface area is 155 Å². The maximum absolute atomic E-state index is 11.8. The van der Waals surface area contributed by atoms with Gasteiger partial charge < -0.3 is 21.4 Å². The quantitative estimate of drug-likeness (QED) is 0.433. The van der Waals surface area contributed by atoms with Gasteiger partial charge in [-0.3, -0.25) is 4.79 Å². The number of aromatic amines is 1. The number of carbonyl (C=O) groups is 1. The molecule has 134 valence electrons. The number of aryl methyl sites for hydroxylation is 1. The van der Waals surface area contributed by atoms with Crippen molar-refractivity contribution in [2.75, 3.05) is 10.6 Å². The number of carbonyl (C=O) groups excluding carboxylic acids is 1. The molecule has 4 aromatic rings. The van der Waals surface area contributed by atoms with Gasteiger partial charge in [0.05, 0.1) is 5.69 Å². The highest BCUT2D eigenvalue weighted by Crippen LogP contribution is 2.26. The highest BCUT2D eigenvalue weighted by molar-refractivity contribution is 5.98. The van der Waals surface area contributed by atoms with E-state index in [-0.39, 0.29) is 5.56 Å². The molecular formula is C20H18N6O. The lowest BCUT2D eigenvalue weighted by atomic mass is 10.2. The summed E-state index contributed by atoms with van der Waals surface area (Å²) in [7, 11) is 0. The van der Waals surface area contributed by atoms with Gasteiger partial charge in [0.1, 0.15) is 11.4 Å². The van der Waals surface area contributed by atoms with E-state index in [1.165, 1.54) is 6.20 Å². The zero-order valence-corrected chi connectivity index (χ0v) is 14.7. The summed E-state index contributed by atoms with van der Waals surface area (Å²) in [4.78, 5) is 23.6. The molecule has 7 heteroatoms. The molecule has 0 unspecified atom stereocenters. The second-order valence-electron chi connectivity index (χ2n) is 6.18. The monoisotopic (exact) mass is 358 g/mol. The van der Waals surface area contributed by atoms with Crippen LogP contribution in [-0.2, 0) is 0 Å². The van der Waals surface area contributed by atoms with Gasteiger partial charge in [-0.2, -0.15) is 4.98 Å². The molecule has 0 radical (unpaired) electrons. The second-order valence-corrected chi connectivity index (χ2v) is 6.18. The normalized spacial score (nSPS) is 10.7. The number of hydrogen-bond acceptors (Lipinski definition) is 5. The molecule has 7 nitrogen and oxygen atoms in total. The van der Waals surface area contributed by atoms with Gasteiger partial charge >= 0.3 is 0 Å². The molecule has 2 heterocycles. The molecule has 0 bridgehead atoms. The molecule has 0 saturated heterocycles. The molecule has 2 aromatic heterocycles. The number of anilines is 4. The maximum atomic E-state index is 11.8. The molecule has 4 rings (SSSR count). The fourth-order valence-corrected chi connectivity index (χ4v) is 2.89. The SMILES string of the molecule is Cc1cccc(Nc2nc(Nc3cccc4[nH]ccc34)ncc2C(N)=O)c1. The molecule has 0 aliphatic rings. The molecule has 0 aliphatic carbocycles. The van der Waals surface area contributed by atoms with E-state index in [4.69, 9.17) is 5.73 Å². The molecule has 1 amide bonds. The standard InChI is InChI=1S/C20H18N6O/c1-12-4-2-5-13(10-12)24-19-15(18(21)27)11-23-20(26-19)25-17-7-3-6-16-14(17)8-9-22-16/h2-11,22H,1H3,(H2,21,27)(H2,23,24,25,26). The van der Waals surface area contributed by atoms with Crippen molar-refractivity contribution in [3.05, 3.63) is 72.1 Å². The Bertz CT molecular complexity index is 1130. The van der Waals surface area contributed by atoms with Crippen LogP contribution in [0.25, 0.3) is 10.9 Å². The predicted molar refractivity (Wildman–Crippen MR) is 107 cm³/mol. The van der Waals surface area contributed by atoms with Gasteiger partial charge in [-0.05, 0) is 42.8 Å². The van der Waals surface area contributed by atoms with Gasteiger partial charge in [0.2, 0.25) is 5.95 Å². The number of hydrogen-bond donors (Lipinski definition) is 4. The first-order chi connectivity index (χ1) is 13.1. The first kappa shape index (κ1) is 16.6. The number of nitrogens with zero attached hydrogens (tertiary/aromatic N) is 2. The molecule has 0 saturated carbocycles. The summed E-state index contributed by atoms with van der Waals surface area (Å²) in [6.07, 6.45) is 3.30. The van der Waals surface area contributed by atoms with Gasteiger partial charge in [-0.1, -0.05) is 18.2 Å². The van der Waals surface area contributed by atoms with Crippen molar-refractivity contribution in [2.45, 2.75) is 6.92 Å². The van der Waals surface area contributed by atoms with E-state index >= 15 is 0 Å². The predicted octanol–water partition coefficient (Wildman–Crippen LogP) is 3.85. The second kappa shape index (κ2) is 6.80. The van der Waals surface area contributed by atoms with Gasteiger partial charge in [-0.15, -0.1) is 0 Å². The van der Waals surface area contributed by atoms with E-state index in [1.807, 2.05) is 61.7 Å². The number of nitrogens with one attached hydrogen (secondary N) is 3. The van der Waals surface area contributed by atoms with Crippen molar-refractivity contribution in [3.8, 4) is 0 Å². The topological polar surface area (TPSA) is 109 Å². The average molecular weight is 358 g/mol. The molecular weight excluding hydrogens is 340 g/mol. The van der Waals surface area contributed by atoms with E-state index in [2.05, 4.69) is 25.6 Å². The van der Waals surface area contributed by atoms with Crippen LogP contribution >= 0.6 is 0 Å². The van der Waals surface area contributed by atoms with Gasteiger partial charge in [0.15, 0.2) is 0 Å². The zero-order chi connectivity index (χ0) is 18.8. The first-order valence-electron chi connectivity index (χ1n) is 8.44. The Balaban J connectivity index is 1.70. The maximum Gasteiger partial charge on any atom is 0.254 e. The molecule has 27 heavy (non-hydrogen) atoms. The molecule has 2 aromatic carbocycles. The summed E-state index contributed by atoms with van der Waals surface area (Å²) in [5.41, 5.74) is 9.48. The number of aromatic nitrogens is 3. The van der Waals surface area contributed by atoms with Crippen molar-refractivity contribution in [2.24, 2.45) is 5.73 Å². The summed E-state index contributed by atoms with van der Waals surface area (Å²) in [5.74, 6) is 0.125. The summed E-state index contributed by atoms with van der Waals surface area (Å²) in [5, 5.41) is 7.38. The summed E-state index contributed by atoms with van der Waals surface area (Å²) in [6.45, 7) is 1.99. The molecule has 0 fully saturated rings. The Morgan fingerprint density at radius 2 is 1.96 bits per heavy atom. The molecule has 0 aliphatic heterocycles. The minimum atomic E-state index is -0.593. The van der Waals surface area contributed by atoms with Crippen LogP contribution in [0.2, 0.25) is 0 Å². The van der Waals surface area contributed by atoms with Crippen LogP contribution in [0.5, 0.6) is 0 Å². The third kappa shape index (κ3) is 3.43. The lowest BCUT2D eigenvalue weighted by molar-refractivity contribution is 0.100. The highest BCUT2D eigenvalue weighted by atomic mass is 16.1. The van der Waals surface area contributed by atoms with Crippen LogP contribution in [0.1, 0.15) is 15.9 Å². The summed E-state index contributed by atoms with van der Waals surface area (Å²) >= 11 is 0. The average Bonchev–Trinajstić information content (AvgIpc) is 3.11. The number of amides is 1. The van der Waals surface area contributed by atoms with Crippen molar-refractivity contribution < 1.29 is 4.79 Å². The largest absolute Gasteiger partial charge is 0.365 e. The van der Waals surface area contributed by atoms with E-state index in [0.717, 1.165) is 27.8 Å². The number of rotatable bonds is 5. The first-order valence-corrected chi connectivity index (χ1v) is 8.44.